The van der Waals surface area contributed by atoms with Crippen LogP contribution in [0.5, 0.6) is 0 Å². The molecule has 3 N–H and O–H groups in total. The van der Waals surface area contributed by atoms with Gasteiger partial charge < -0.3 is 44.2 Å². The second-order valence-corrected chi connectivity index (χ2v) is 20.0. The fourth-order valence-electron chi connectivity index (χ4n) is 9.87. The predicted octanol–water partition coefficient (Wildman–Crippen LogP) is 6.33. The molecule has 2 aromatic heterocycles. The van der Waals surface area contributed by atoms with E-state index in [4.69, 9.17) is 39.1 Å². The number of esters is 2. The number of likely N-dealkylation sites (N-methyl/N-ethyl adjacent to an activating group) is 1. The first-order valence-electron chi connectivity index (χ1n) is 23.3. The number of Topliss-reactive ketones (excluding diaryl/α,β-unsaturated/α-hetero) is 1. The van der Waals surface area contributed by atoms with Gasteiger partial charge in [-0.2, -0.15) is 0 Å². The summed E-state index contributed by atoms with van der Waals surface area (Å²) in [4.78, 5) is 75.0. The second kappa shape index (κ2) is 22.5. The Morgan fingerprint density at radius 3 is 2.42 bits per heavy atom. The van der Waals surface area contributed by atoms with Crippen LogP contribution in [0.2, 0.25) is 0 Å². The van der Waals surface area contributed by atoms with Crippen LogP contribution < -0.4 is 5.73 Å². The maximum Gasteiger partial charge on any atom is 0.351 e. The maximum atomic E-state index is 17.1. The third-order valence-corrected chi connectivity index (χ3v) is 14.5. The minimum atomic E-state index is -3.21. The van der Waals surface area contributed by atoms with Crippen LogP contribution in [0, 0.1) is 23.7 Å². The number of carbonyl (C=O) groups excluding carboxylic acids is 4. The Kier molecular flexibility index (Phi) is 18.1. The van der Waals surface area contributed by atoms with Crippen LogP contribution in [-0.2, 0) is 54.2 Å². The number of carbonyl (C=O) groups is 4. The Balaban J connectivity index is 1.65. The van der Waals surface area contributed by atoms with Crippen molar-refractivity contribution in [1.29, 1.82) is 0 Å². The number of halogens is 1. The Bertz CT molecular complexity index is 2110. The van der Waals surface area contributed by atoms with Crippen LogP contribution in [0.25, 0.3) is 10.6 Å². The van der Waals surface area contributed by atoms with Crippen LogP contribution in [-0.4, -0.2) is 136 Å². The molecule has 0 saturated carbocycles. The number of pyridine rings is 1. The molecule has 372 valence electrons. The van der Waals surface area contributed by atoms with E-state index in [9.17, 15) is 24.3 Å². The number of rotatable bonds is 11. The number of cyclic esters (lactones) is 1. The fourth-order valence-corrected chi connectivity index (χ4v) is 10.6. The highest BCUT2D eigenvalue weighted by molar-refractivity contribution is 7.13. The van der Waals surface area contributed by atoms with Gasteiger partial charge in [-0.3, -0.25) is 24.4 Å². The molecular formula is C48H71FN6O11S. The minimum Gasteiger partial charge on any atom is -0.457 e. The zero-order chi connectivity index (χ0) is 49.6. The maximum absolute atomic E-state index is 17.1. The fraction of sp³-hybridized carbons (Fsp3) is 0.708. The smallest absolute Gasteiger partial charge is 0.351 e. The van der Waals surface area contributed by atoms with Gasteiger partial charge in [0, 0.05) is 53.7 Å². The van der Waals surface area contributed by atoms with Gasteiger partial charge in [-0.1, -0.05) is 34.6 Å². The molecule has 0 unspecified atom stereocenters. The molecule has 0 aromatic carbocycles. The van der Waals surface area contributed by atoms with Gasteiger partial charge in [0.05, 0.1) is 42.8 Å². The van der Waals surface area contributed by atoms with Crippen molar-refractivity contribution in [2.45, 2.75) is 168 Å². The van der Waals surface area contributed by atoms with E-state index in [2.05, 4.69) is 15.0 Å². The highest BCUT2D eigenvalue weighted by Gasteiger charge is 2.56. The molecule has 3 saturated heterocycles. The van der Waals surface area contributed by atoms with Crippen LogP contribution >= 0.6 is 11.3 Å². The van der Waals surface area contributed by atoms with Gasteiger partial charge in [0.25, 0.3) is 5.67 Å². The number of aliphatic imine (C=N–C) groups is 2. The highest BCUT2D eigenvalue weighted by atomic mass is 32.1. The van der Waals surface area contributed by atoms with Crippen LogP contribution in [0.1, 0.15) is 113 Å². The summed E-state index contributed by atoms with van der Waals surface area (Å²) in [6, 6.07) is 3.33. The Hall–Kier alpha value is -4.11. The number of thiazole rings is 1. The number of nitrogens with two attached hydrogens (primary N) is 1. The third-order valence-electron chi connectivity index (χ3n) is 13.5. The van der Waals surface area contributed by atoms with Crippen molar-refractivity contribution in [3.8, 4) is 10.6 Å². The van der Waals surface area contributed by atoms with Crippen molar-refractivity contribution in [3.05, 3.63) is 29.4 Å². The van der Waals surface area contributed by atoms with Gasteiger partial charge in [0.15, 0.2) is 18.2 Å². The number of aromatic nitrogens is 2. The third kappa shape index (κ3) is 12.8. The molecule has 3 fully saturated rings. The van der Waals surface area contributed by atoms with E-state index in [1.807, 2.05) is 51.9 Å². The predicted molar refractivity (Wildman–Crippen MR) is 251 cm³/mol. The summed E-state index contributed by atoms with van der Waals surface area (Å²) in [5.41, 5.74) is 1.68. The molecule has 5 heterocycles. The number of amides is 1. The van der Waals surface area contributed by atoms with E-state index < -0.39 is 89.0 Å². The van der Waals surface area contributed by atoms with Crippen molar-refractivity contribution in [2.24, 2.45) is 33.7 Å². The van der Waals surface area contributed by atoms with Crippen molar-refractivity contribution >= 4 is 52.2 Å². The molecule has 3 aliphatic rings. The van der Waals surface area contributed by atoms with Crippen molar-refractivity contribution < 1.29 is 57.1 Å². The summed E-state index contributed by atoms with van der Waals surface area (Å²) in [7, 11) is 3.68. The number of aliphatic hydroxyl groups is 1. The topological polar surface area (TPSA) is 224 Å². The molecule has 2 bridgehead atoms. The molecule has 0 aliphatic carbocycles. The first kappa shape index (κ1) is 53.8. The van der Waals surface area contributed by atoms with Gasteiger partial charge in [-0.15, -0.1) is 11.3 Å². The molecule has 3 aliphatic heterocycles. The summed E-state index contributed by atoms with van der Waals surface area (Å²) in [6.45, 7) is 15.7. The van der Waals surface area contributed by atoms with Gasteiger partial charge in [0.1, 0.15) is 29.3 Å². The van der Waals surface area contributed by atoms with Crippen molar-refractivity contribution in [2.75, 3.05) is 33.2 Å². The average molecular weight is 959 g/mol. The summed E-state index contributed by atoms with van der Waals surface area (Å²) in [5, 5.41) is 15.1. The first-order valence-corrected chi connectivity index (χ1v) is 24.1. The molecule has 1 amide bonds. The molecule has 5 rings (SSSR count). The SMILES string of the molecule is CCC(=O)N=C1[C@H](C)C[C@@]2(C)OCC(=NCOCc3ccc(-c4nc(N)cs4)cn3)CC[C@H]([C@H]1C)[C@](C)(O)[C@@H](CC)OC(=O)[C@@](C)(F)C(=O)[C@H](C)[C@H]2O[C@@H]1O[C@H](C)C[C@H](N(C)C)[C@H]1OC(C)=O. The zero-order valence-corrected chi connectivity index (χ0v) is 41.9. The Morgan fingerprint density at radius 1 is 1.10 bits per heavy atom. The zero-order valence-electron chi connectivity index (χ0n) is 41.1. The lowest BCUT2D eigenvalue weighted by Crippen LogP contribution is -2.61. The van der Waals surface area contributed by atoms with Gasteiger partial charge in [0.2, 0.25) is 5.91 Å². The Labute approximate surface area is 397 Å². The molecule has 2 aromatic rings. The number of nitrogen functional groups attached to an aromatic ring is 1. The Morgan fingerprint density at radius 2 is 1.82 bits per heavy atom. The molecule has 0 spiro atoms. The van der Waals surface area contributed by atoms with Gasteiger partial charge in [-0.25, -0.2) is 19.2 Å². The molecule has 17 nitrogen and oxygen atoms in total. The van der Waals surface area contributed by atoms with Crippen LogP contribution in [0.3, 0.4) is 0 Å². The largest absolute Gasteiger partial charge is 0.457 e. The summed E-state index contributed by atoms with van der Waals surface area (Å²) in [5.74, 6) is -6.54. The number of nitrogens with zero attached hydrogens (tertiary/aromatic N) is 5. The normalized spacial score (nSPS) is 36.0. The number of fused-ring (bicyclic) bond motifs is 5. The lowest BCUT2D eigenvalue weighted by molar-refractivity contribution is -0.299. The monoisotopic (exact) mass is 958 g/mol. The molecule has 19 heteroatoms. The summed E-state index contributed by atoms with van der Waals surface area (Å²) in [6.07, 6.45) is -2.49. The number of ketones is 1. The van der Waals surface area contributed by atoms with E-state index in [-0.39, 0.29) is 64.0 Å². The molecular weight excluding hydrogens is 888 g/mol. The van der Waals surface area contributed by atoms with E-state index >= 15 is 4.39 Å². The average Bonchev–Trinajstić information content (AvgIpc) is 3.71. The van der Waals surface area contributed by atoms with E-state index in [0.29, 0.717) is 29.4 Å². The van der Waals surface area contributed by atoms with E-state index in [0.717, 1.165) is 17.5 Å². The summed E-state index contributed by atoms with van der Waals surface area (Å²) < 4.78 is 55.2. The highest BCUT2D eigenvalue weighted by Crippen LogP contribution is 2.43. The standard InChI is InChI=1S/C48H71FN6O11S/c1-13-36-48(10,60)34-18-17-33(52-25-61-22-32-16-15-31(21-51-32)43-53-37(50)24-67-43)23-62-46(8,20-26(3)39(28(34)5)54-38(57)14-2)42(29(6)41(58)47(9,49)45(59)65-36)66-44-40(64-30(7)56)35(55(11)12)19-27(4)63-44/h15-16,21,24,26-29,34-36,40,42,44,60H,13-14,17-20,22-23,25,50H2,1-12H3/t26-,27-,28-,29+,34-,35+,36-,40-,42-,44+,46-,47+,48+/m1/s1. The second-order valence-electron chi connectivity index (χ2n) is 19.1. The van der Waals surface area contributed by atoms with E-state index in [1.165, 1.54) is 32.1 Å². The van der Waals surface area contributed by atoms with Crippen LogP contribution in [0.4, 0.5) is 10.2 Å². The number of hydrogen-bond donors (Lipinski definition) is 2. The number of anilines is 1. The minimum absolute atomic E-state index is 0.0472. The van der Waals surface area contributed by atoms with Crippen LogP contribution in [0.15, 0.2) is 33.7 Å². The lowest BCUT2D eigenvalue weighted by Gasteiger charge is -2.48. The summed E-state index contributed by atoms with van der Waals surface area (Å²) >= 11 is 1.42. The van der Waals surface area contributed by atoms with E-state index in [1.54, 1.807) is 32.3 Å². The number of ether oxygens (including phenoxy) is 6. The first-order chi connectivity index (χ1) is 31.4. The number of alkyl halides is 1. The molecule has 67 heavy (non-hydrogen) atoms. The van der Waals surface area contributed by atoms with Gasteiger partial charge >= 0.3 is 11.9 Å². The van der Waals surface area contributed by atoms with Crippen molar-refractivity contribution in [1.82, 2.24) is 14.9 Å². The number of hydrogen-bond acceptors (Lipinski definition) is 17. The van der Waals surface area contributed by atoms with Crippen molar-refractivity contribution in [3.63, 3.8) is 0 Å². The quantitative estimate of drug-likeness (QED) is 0.143. The lowest BCUT2D eigenvalue weighted by atomic mass is 9.68. The molecule has 0 radical (unpaired) electrons. The van der Waals surface area contributed by atoms with Gasteiger partial charge in [-0.05, 0) is 97.9 Å². The molecule has 13 atom stereocenters.